The second kappa shape index (κ2) is 4.67. The predicted octanol–water partition coefficient (Wildman–Crippen LogP) is 0.168. The minimum atomic E-state index is -0.549. The SMILES string of the molecule is CCOC(=O)C(=CO)NC. The lowest BCUT2D eigenvalue weighted by Gasteiger charge is -2.02. The first kappa shape index (κ1) is 8.81. The van der Waals surface area contributed by atoms with Crippen LogP contribution in [-0.2, 0) is 9.53 Å². The first-order chi connectivity index (χ1) is 4.76. The van der Waals surface area contributed by atoms with Crippen molar-refractivity contribution in [1.82, 2.24) is 5.32 Å². The van der Waals surface area contributed by atoms with E-state index in [1.54, 1.807) is 6.92 Å². The summed E-state index contributed by atoms with van der Waals surface area (Å²) in [5.74, 6) is -0.549. The van der Waals surface area contributed by atoms with Crippen LogP contribution in [0.3, 0.4) is 0 Å². The van der Waals surface area contributed by atoms with E-state index in [1.807, 2.05) is 0 Å². The lowest BCUT2D eigenvalue weighted by molar-refractivity contribution is -0.139. The molecule has 0 amide bonds. The van der Waals surface area contributed by atoms with Gasteiger partial charge < -0.3 is 15.2 Å². The molecule has 0 fully saturated rings. The summed E-state index contributed by atoms with van der Waals surface area (Å²) in [4.78, 5) is 10.7. The van der Waals surface area contributed by atoms with Crippen molar-refractivity contribution in [2.45, 2.75) is 6.92 Å². The minimum Gasteiger partial charge on any atom is -0.513 e. The fourth-order valence-electron chi connectivity index (χ4n) is 0.428. The Morgan fingerprint density at radius 2 is 2.40 bits per heavy atom. The summed E-state index contributed by atoms with van der Waals surface area (Å²) < 4.78 is 4.56. The van der Waals surface area contributed by atoms with E-state index in [9.17, 15) is 4.79 Å². The Morgan fingerprint density at radius 1 is 1.80 bits per heavy atom. The molecule has 4 heteroatoms. The summed E-state index contributed by atoms with van der Waals surface area (Å²) in [6.07, 6.45) is 0.679. The van der Waals surface area contributed by atoms with Gasteiger partial charge in [-0.1, -0.05) is 0 Å². The molecule has 0 aromatic rings. The number of ether oxygens (including phenoxy) is 1. The van der Waals surface area contributed by atoms with E-state index in [4.69, 9.17) is 5.11 Å². The molecule has 0 aliphatic carbocycles. The third-order valence-corrected chi connectivity index (χ3v) is 0.894. The molecule has 0 rings (SSSR count). The molecule has 58 valence electrons. The van der Waals surface area contributed by atoms with Crippen LogP contribution in [0.15, 0.2) is 12.0 Å². The van der Waals surface area contributed by atoms with Crippen LogP contribution in [0.2, 0.25) is 0 Å². The maximum absolute atomic E-state index is 10.7. The highest BCUT2D eigenvalue weighted by Crippen LogP contribution is 1.89. The van der Waals surface area contributed by atoms with Gasteiger partial charge in [0.05, 0.1) is 6.61 Å². The summed E-state index contributed by atoms with van der Waals surface area (Å²) in [6.45, 7) is 2.00. The lowest BCUT2D eigenvalue weighted by Crippen LogP contribution is -2.18. The number of nitrogens with one attached hydrogen (secondary N) is 1. The normalized spacial score (nSPS) is 10.8. The number of likely N-dealkylation sites (N-methyl/N-ethyl adjacent to an activating group) is 1. The van der Waals surface area contributed by atoms with Gasteiger partial charge in [-0.3, -0.25) is 0 Å². The number of hydrogen-bond donors (Lipinski definition) is 2. The highest BCUT2D eigenvalue weighted by atomic mass is 16.5. The van der Waals surface area contributed by atoms with Gasteiger partial charge in [0.2, 0.25) is 0 Å². The molecule has 0 heterocycles. The Balaban J connectivity index is 3.91. The van der Waals surface area contributed by atoms with Gasteiger partial charge in [-0.2, -0.15) is 0 Å². The molecule has 0 saturated heterocycles. The van der Waals surface area contributed by atoms with E-state index in [0.717, 1.165) is 0 Å². The average molecular weight is 145 g/mol. The molecule has 0 aromatic heterocycles. The van der Waals surface area contributed by atoms with Crippen molar-refractivity contribution >= 4 is 5.97 Å². The number of esters is 1. The van der Waals surface area contributed by atoms with Gasteiger partial charge in [0.1, 0.15) is 6.26 Å². The number of hydrogen-bond acceptors (Lipinski definition) is 4. The predicted molar refractivity (Wildman–Crippen MR) is 36.4 cm³/mol. The van der Waals surface area contributed by atoms with Crippen LogP contribution < -0.4 is 5.32 Å². The number of rotatable bonds is 3. The quantitative estimate of drug-likeness (QED) is 0.337. The van der Waals surface area contributed by atoms with Crippen LogP contribution in [-0.4, -0.2) is 24.7 Å². The molecule has 10 heavy (non-hydrogen) atoms. The van der Waals surface area contributed by atoms with Gasteiger partial charge in [0.15, 0.2) is 5.70 Å². The molecule has 0 saturated carbocycles. The van der Waals surface area contributed by atoms with Crippen LogP contribution in [0, 0.1) is 0 Å². The molecule has 4 nitrogen and oxygen atoms in total. The van der Waals surface area contributed by atoms with E-state index >= 15 is 0 Å². The minimum absolute atomic E-state index is 0.0573. The number of aliphatic hydroxyl groups excluding tert-OH is 1. The first-order valence-electron chi connectivity index (χ1n) is 2.95. The molecule has 0 aromatic carbocycles. The zero-order chi connectivity index (χ0) is 7.98. The van der Waals surface area contributed by atoms with Crippen molar-refractivity contribution in [2.24, 2.45) is 0 Å². The molecule has 0 atom stereocenters. The second-order valence-electron chi connectivity index (χ2n) is 1.51. The van der Waals surface area contributed by atoms with Crippen molar-refractivity contribution in [3.05, 3.63) is 12.0 Å². The molecule has 0 aliphatic rings. The molecule has 0 aliphatic heterocycles. The Morgan fingerprint density at radius 3 is 2.70 bits per heavy atom. The molecule has 2 N–H and O–H groups in total. The number of carbonyl (C=O) groups is 1. The van der Waals surface area contributed by atoms with Crippen molar-refractivity contribution < 1.29 is 14.6 Å². The summed E-state index contributed by atoms with van der Waals surface area (Å²) in [6, 6.07) is 0. The van der Waals surface area contributed by atoms with Gasteiger partial charge >= 0.3 is 5.97 Å². The Kier molecular flexibility index (Phi) is 4.11. The third kappa shape index (κ3) is 2.39. The largest absolute Gasteiger partial charge is 0.513 e. The van der Waals surface area contributed by atoms with Gasteiger partial charge in [-0.25, -0.2) is 4.79 Å². The molecular formula is C6H11NO3. The van der Waals surface area contributed by atoms with Gasteiger partial charge in [-0.15, -0.1) is 0 Å². The third-order valence-electron chi connectivity index (χ3n) is 0.894. The van der Waals surface area contributed by atoms with E-state index < -0.39 is 5.97 Å². The Hall–Kier alpha value is -1.19. The number of carbonyl (C=O) groups excluding carboxylic acids is 1. The Bertz CT molecular complexity index is 142. The summed E-state index contributed by atoms with van der Waals surface area (Å²) >= 11 is 0. The number of aliphatic hydroxyl groups is 1. The van der Waals surface area contributed by atoms with E-state index in [0.29, 0.717) is 12.9 Å². The van der Waals surface area contributed by atoms with Gasteiger partial charge in [0, 0.05) is 7.05 Å². The van der Waals surface area contributed by atoms with E-state index in [1.165, 1.54) is 7.05 Å². The summed E-state index contributed by atoms with van der Waals surface area (Å²) in [5, 5.41) is 10.9. The monoisotopic (exact) mass is 145 g/mol. The molecule has 0 spiro atoms. The van der Waals surface area contributed by atoms with Gasteiger partial charge in [0.25, 0.3) is 0 Å². The van der Waals surface area contributed by atoms with Crippen LogP contribution in [0.25, 0.3) is 0 Å². The van der Waals surface area contributed by atoms with Crippen molar-refractivity contribution in [2.75, 3.05) is 13.7 Å². The van der Waals surface area contributed by atoms with Crippen molar-refractivity contribution in [3.63, 3.8) is 0 Å². The smallest absolute Gasteiger partial charge is 0.357 e. The summed E-state index contributed by atoms with van der Waals surface area (Å²) in [5.41, 5.74) is 0.0573. The molecule has 0 unspecified atom stereocenters. The van der Waals surface area contributed by atoms with E-state index in [-0.39, 0.29) is 5.70 Å². The maximum Gasteiger partial charge on any atom is 0.357 e. The fourth-order valence-corrected chi connectivity index (χ4v) is 0.428. The molecular weight excluding hydrogens is 134 g/mol. The standard InChI is InChI=1S/C6H11NO3/c1-3-10-6(9)5(4-8)7-2/h4,7-8H,3H2,1-2H3. The van der Waals surface area contributed by atoms with E-state index in [2.05, 4.69) is 10.1 Å². The van der Waals surface area contributed by atoms with Crippen LogP contribution in [0.4, 0.5) is 0 Å². The van der Waals surface area contributed by atoms with Crippen molar-refractivity contribution in [1.29, 1.82) is 0 Å². The zero-order valence-corrected chi connectivity index (χ0v) is 6.05. The Labute approximate surface area is 59.5 Å². The summed E-state index contributed by atoms with van der Waals surface area (Å²) in [7, 11) is 1.53. The van der Waals surface area contributed by atoms with Crippen LogP contribution in [0.5, 0.6) is 0 Å². The zero-order valence-electron chi connectivity index (χ0n) is 6.05. The van der Waals surface area contributed by atoms with Crippen LogP contribution in [0.1, 0.15) is 6.92 Å². The highest BCUT2D eigenvalue weighted by Gasteiger charge is 2.06. The topological polar surface area (TPSA) is 58.6 Å². The van der Waals surface area contributed by atoms with Crippen molar-refractivity contribution in [3.8, 4) is 0 Å². The van der Waals surface area contributed by atoms with Crippen LogP contribution >= 0.6 is 0 Å². The maximum atomic E-state index is 10.7. The lowest BCUT2D eigenvalue weighted by atomic mass is 10.5. The first-order valence-corrected chi connectivity index (χ1v) is 2.95. The molecule has 0 bridgehead atoms. The highest BCUT2D eigenvalue weighted by molar-refractivity contribution is 5.87. The second-order valence-corrected chi connectivity index (χ2v) is 1.51. The fraction of sp³-hybridized carbons (Fsp3) is 0.500. The van der Waals surface area contributed by atoms with Gasteiger partial charge in [-0.05, 0) is 6.92 Å². The molecule has 0 radical (unpaired) electrons. The average Bonchev–Trinajstić information content (AvgIpc) is 1.91.